The fourth-order valence-electron chi connectivity index (χ4n) is 1.61. The fraction of sp³-hybridized carbons (Fsp3) is 0.231. The molecule has 1 amide bonds. The van der Waals surface area contributed by atoms with E-state index in [4.69, 9.17) is 4.42 Å². The average Bonchev–Trinajstić information content (AvgIpc) is 2.76. The summed E-state index contributed by atoms with van der Waals surface area (Å²) in [4.78, 5) is 15.6. The van der Waals surface area contributed by atoms with E-state index in [2.05, 4.69) is 10.3 Å². The molecule has 0 aliphatic carbocycles. The van der Waals surface area contributed by atoms with Crippen molar-refractivity contribution < 1.29 is 14.3 Å². The molecule has 0 saturated heterocycles. The third kappa shape index (κ3) is 2.51. The van der Waals surface area contributed by atoms with Crippen LogP contribution < -0.4 is 5.32 Å². The molecule has 0 aliphatic rings. The zero-order valence-electron chi connectivity index (χ0n) is 10.2. The fourth-order valence-corrected chi connectivity index (χ4v) is 1.61. The number of carbonyl (C=O) groups excluding carboxylic acids is 1. The Morgan fingerprint density at radius 2 is 2.22 bits per heavy atom. The van der Waals surface area contributed by atoms with Crippen LogP contribution in [0.4, 0.5) is 0 Å². The number of aryl methyl sites for hydroxylation is 1. The number of rotatable bonds is 3. The predicted octanol–water partition coefficient (Wildman–Crippen LogP) is 2.18. The van der Waals surface area contributed by atoms with Gasteiger partial charge in [0.1, 0.15) is 17.3 Å². The molecule has 0 aromatic carbocycles. The van der Waals surface area contributed by atoms with Crippen molar-refractivity contribution in [2.24, 2.45) is 0 Å². The molecule has 1 unspecified atom stereocenters. The van der Waals surface area contributed by atoms with Crippen molar-refractivity contribution in [3.63, 3.8) is 0 Å². The summed E-state index contributed by atoms with van der Waals surface area (Å²) in [6.45, 7) is 3.65. The first-order valence-electron chi connectivity index (χ1n) is 5.58. The van der Waals surface area contributed by atoms with Crippen molar-refractivity contribution in [2.75, 3.05) is 0 Å². The lowest BCUT2D eigenvalue weighted by atomic mass is 10.2. The smallest absolute Gasteiger partial charge is 0.255 e. The molecule has 2 aromatic rings. The van der Waals surface area contributed by atoms with E-state index in [9.17, 15) is 9.90 Å². The van der Waals surface area contributed by atoms with Gasteiger partial charge >= 0.3 is 0 Å². The number of hydrogen-bond acceptors (Lipinski definition) is 4. The van der Waals surface area contributed by atoms with Gasteiger partial charge in [-0.1, -0.05) is 0 Å². The van der Waals surface area contributed by atoms with Gasteiger partial charge in [-0.05, 0) is 32.0 Å². The Bertz CT molecular complexity index is 563. The van der Waals surface area contributed by atoms with E-state index in [1.165, 1.54) is 18.5 Å². The second kappa shape index (κ2) is 4.91. The van der Waals surface area contributed by atoms with E-state index < -0.39 is 0 Å². The van der Waals surface area contributed by atoms with Gasteiger partial charge in [-0.25, -0.2) is 0 Å². The second-order valence-corrected chi connectivity index (χ2v) is 4.04. The summed E-state index contributed by atoms with van der Waals surface area (Å²) in [6.07, 6.45) is 2.69. The van der Waals surface area contributed by atoms with Crippen LogP contribution in [0.2, 0.25) is 0 Å². The number of furan rings is 1. The van der Waals surface area contributed by atoms with Gasteiger partial charge in [0.25, 0.3) is 5.91 Å². The van der Waals surface area contributed by atoms with Crippen LogP contribution in [0, 0.1) is 6.92 Å². The van der Waals surface area contributed by atoms with Crippen LogP contribution >= 0.6 is 0 Å². The van der Waals surface area contributed by atoms with E-state index in [1.807, 2.05) is 26.0 Å². The third-order valence-electron chi connectivity index (χ3n) is 2.58. The molecular formula is C13H14N2O3. The number of carbonyl (C=O) groups is 1. The van der Waals surface area contributed by atoms with Crippen molar-refractivity contribution in [1.82, 2.24) is 10.3 Å². The minimum Gasteiger partial charge on any atom is -0.505 e. The summed E-state index contributed by atoms with van der Waals surface area (Å²) in [5, 5.41) is 12.3. The predicted molar refractivity (Wildman–Crippen MR) is 65.2 cm³/mol. The van der Waals surface area contributed by atoms with Gasteiger partial charge in [-0.3, -0.25) is 9.78 Å². The first-order chi connectivity index (χ1) is 8.58. The van der Waals surface area contributed by atoms with Gasteiger partial charge in [-0.2, -0.15) is 0 Å². The molecule has 2 heterocycles. The Labute approximate surface area is 104 Å². The maximum atomic E-state index is 11.9. The molecule has 0 spiro atoms. The average molecular weight is 246 g/mol. The molecule has 18 heavy (non-hydrogen) atoms. The standard InChI is InChI=1S/C13H14N2O3/c1-8-3-4-12(18-8)9(2)15-13(17)10-5-6-14-7-11(10)16/h3-7,9,16H,1-2H3,(H,15,17). The van der Waals surface area contributed by atoms with Crippen molar-refractivity contribution in [3.8, 4) is 5.75 Å². The molecule has 1 atom stereocenters. The Hall–Kier alpha value is -2.30. The topological polar surface area (TPSA) is 75.4 Å². The molecule has 0 radical (unpaired) electrons. The van der Waals surface area contributed by atoms with Crippen molar-refractivity contribution in [3.05, 3.63) is 47.7 Å². The summed E-state index contributed by atoms with van der Waals surface area (Å²) in [6, 6.07) is 4.85. The molecule has 0 aliphatic heterocycles. The van der Waals surface area contributed by atoms with Crippen LogP contribution in [-0.4, -0.2) is 16.0 Å². The lowest BCUT2D eigenvalue weighted by molar-refractivity contribution is 0.0932. The highest BCUT2D eigenvalue weighted by atomic mass is 16.3. The van der Waals surface area contributed by atoms with E-state index in [0.29, 0.717) is 5.76 Å². The maximum Gasteiger partial charge on any atom is 0.255 e. The van der Waals surface area contributed by atoms with Gasteiger partial charge < -0.3 is 14.8 Å². The monoisotopic (exact) mass is 246 g/mol. The first kappa shape index (κ1) is 12.2. The van der Waals surface area contributed by atoms with E-state index in [1.54, 1.807) is 0 Å². The Kier molecular flexibility index (Phi) is 3.32. The number of amides is 1. The lowest BCUT2D eigenvalue weighted by Gasteiger charge is -2.11. The first-order valence-corrected chi connectivity index (χ1v) is 5.58. The van der Waals surface area contributed by atoms with Gasteiger partial charge in [-0.15, -0.1) is 0 Å². The zero-order valence-corrected chi connectivity index (χ0v) is 10.2. The Balaban J connectivity index is 2.10. The highest BCUT2D eigenvalue weighted by Gasteiger charge is 2.16. The zero-order chi connectivity index (χ0) is 13.1. The summed E-state index contributed by atoms with van der Waals surface area (Å²) in [7, 11) is 0. The SMILES string of the molecule is Cc1ccc(C(C)NC(=O)c2ccncc2O)o1. The Morgan fingerprint density at radius 3 is 2.83 bits per heavy atom. The highest BCUT2D eigenvalue weighted by molar-refractivity contribution is 5.96. The summed E-state index contributed by atoms with van der Waals surface area (Å²) in [5.74, 6) is 0.960. The number of nitrogens with one attached hydrogen (secondary N) is 1. The van der Waals surface area contributed by atoms with E-state index in [-0.39, 0.29) is 23.3 Å². The number of pyridine rings is 1. The Morgan fingerprint density at radius 1 is 1.44 bits per heavy atom. The van der Waals surface area contributed by atoms with Crippen LogP contribution in [0.25, 0.3) is 0 Å². The van der Waals surface area contributed by atoms with Crippen molar-refractivity contribution in [2.45, 2.75) is 19.9 Å². The quantitative estimate of drug-likeness (QED) is 0.870. The van der Waals surface area contributed by atoms with E-state index in [0.717, 1.165) is 5.76 Å². The molecule has 5 heteroatoms. The molecule has 0 saturated carbocycles. The summed E-state index contributed by atoms with van der Waals surface area (Å²) < 4.78 is 5.42. The molecule has 2 rings (SSSR count). The summed E-state index contributed by atoms with van der Waals surface area (Å²) in [5.41, 5.74) is 0.195. The molecular weight excluding hydrogens is 232 g/mol. The third-order valence-corrected chi connectivity index (χ3v) is 2.58. The molecule has 2 aromatic heterocycles. The van der Waals surface area contributed by atoms with Crippen LogP contribution in [0.5, 0.6) is 5.75 Å². The molecule has 0 fully saturated rings. The lowest BCUT2D eigenvalue weighted by Crippen LogP contribution is -2.26. The number of nitrogens with zero attached hydrogens (tertiary/aromatic N) is 1. The van der Waals surface area contributed by atoms with Gasteiger partial charge in [0.05, 0.1) is 17.8 Å². The van der Waals surface area contributed by atoms with Gasteiger partial charge in [0.2, 0.25) is 0 Å². The number of hydrogen-bond donors (Lipinski definition) is 2. The van der Waals surface area contributed by atoms with Crippen LogP contribution in [0.3, 0.4) is 0 Å². The molecule has 5 nitrogen and oxygen atoms in total. The molecule has 0 bridgehead atoms. The van der Waals surface area contributed by atoms with Gasteiger partial charge in [0, 0.05) is 6.20 Å². The molecule has 94 valence electrons. The van der Waals surface area contributed by atoms with Crippen LogP contribution in [0.1, 0.15) is 34.8 Å². The number of aromatic nitrogens is 1. The number of aromatic hydroxyl groups is 1. The largest absolute Gasteiger partial charge is 0.505 e. The molecule has 2 N–H and O–H groups in total. The van der Waals surface area contributed by atoms with Gasteiger partial charge in [0.15, 0.2) is 0 Å². The van der Waals surface area contributed by atoms with Crippen molar-refractivity contribution in [1.29, 1.82) is 0 Å². The maximum absolute atomic E-state index is 11.9. The van der Waals surface area contributed by atoms with Crippen LogP contribution in [-0.2, 0) is 0 Å². The second-order valence-electron chi connectivity index (χ2n) is 4.04. The van der Waals surface area contributed by atoms with Crippen LogP contribution in [0.15, 0.2) is 35.0 Å². The minimum atomic E-state index is -0.364. The van der Waals surface area contributed by atoms with E-state index >= 15 is 0 Å². The highest BCUT2D eigenvalue weighted by Crippen LogP contribution is 2.18. The van der Waals surface area contributed by atoms with Crippen molar-refractivity contribution >= 4 is 5.91 Å². The minimum absolute atomic E-state index is 0.141. The normalized spacial score (nSPS) is 12.1. The summed E-state index contributed by atoms with van der Waals surface area (Å²) >= 11 is 0.